The molecule has 1 amide bonds. The Labute approximate surface area is 185 Å². The van der Waals surface area contributed by atoms with E-state index in [4.69, 9.17) is 4.42 Å². The zero-order valence-corrected chi connectivity index (χ0v) is 18.6. The number of nitrogens with one attached hydrogen (secondary N) is 2. The van der Waals surface area contributed by atoms with Crippen molar-refractivity contribution in [1.82, 2.24) is 4.90 Å². The molecule has 1 saturated carbocycles. The lowest BCUT2D eigenvalue weighted by molar-refractivity contribution is 0.0824. The van der Waals surface area contributed by atoms with Gasteiger partial charge in [0.2, 0.25) is 0 Å². The number of aromatic hydroxyl groups is 1. The fourth-order valence-corrected chi connectivity index (χ4v) is 4.21. The van der Waals surface area contributed by atoms with E-state index in [0.29, 0.717) is 5.76 Å². The van der Waals surface area contributed by atoms with E-state index >= 15 is 0 Å². The van der Waals surface area contributed by atoms with E-state index in [9.17, 15) is 19.5 Å². The number of carbonyl (C=O) groups is 1. The Morgan fingerprint density at radius 2 is 1.81 bits per heavy atom. The lowest BCUT2D eigenvalue weighted by Gasteiger charge is -2.44. The number of carbonyl (C=O) groups excluding carboxylic acids is 1. The number of hydrogen-bond acceptors (Lipinski definition) is 7. The minimum Gasteiger partial charge on any atom is -0.505 e. The third-order valence-electron chi connectivity index (χ3n) is 6.37. The van der Waals surface area contributed by atoms with Crippen molar-refractivity contribution >= 4 is 23.0 Å². The Hall–Kier alpha value is -3.55. The Kier molecular flexibility index (Phi) is 5.32. The van der Waals surface area contributed by atoms with Crippen LogP contribution in [-0.4, -0.2) is 30.0 Å². The lowest BCUT2D eigenvalue weighted by Crippen LogP contribution is -2.42. The molecule has 1 aromatic heterocycles. The molecule has 0 saturated heterocycles. The number of aryl methyl sites for hydroxylation is 1. The SMILES string of the molecule is Cc1ccc([C@H](Nc2c(Nc3cccc(C(=O)N(C)C)c3O)c(=O)c2=O)C2(C)CCC2)o1. The molecule has 1 atom stereocenters. The molecule has 0 bridgehead atoms. The molecule has 1 aliphatic rings. The summed E-state index contributed by atoms with van der Waals surface area (Å²) in [6.07, 6.45) is 3.03. The number of furan rings is 1. The number of phenols is 1. The number of phenolic OH excluding ortho intramolecular Hbond substituents is 1. The van der Waals surface area contributed by atoms with Gasteiger partial charge in [0, 0.05) is 14.1 Å². The maximum absolute atomic E-state index is 12.5. The van der Waals surface area contributed by atoms with Gasteiger partial charge in [0.1, 0.15) is 22.9 Å². The predicted octanol–water partition coefficient (Wildman–Crippen LogP) is 3.68. The van der Waals surface area contributed by atoms with Crippen molar-refractivity contribution < 1.29 is 14.3 Å². The van der Waals surface area contributed by atoms with Crippen LogP contribution >= 0.6 is 0 Å². The summed E-state index contributed by atoms with van der Waals surface area (Å²) in [4.78, 5) is 38.5. The van der Waals surface area contributed by atoms with Gasteiger partial charge in [-0.3, -0.25) is 14.4 Å². The second kappa shape index (κ2) is 7.85. The van der Waals surface area contributed by atoms with Crippen LogP contribution in [0.3, 0.4) is 0 Å². The summed E-state index contributed by atoms with van der Waals surface area (Å²) >= 11 is 0. The Balaban J connectivity index is 1.66. The highest BCUT2D eigenvalue weighted by Gasteiger charge is 2.43. The second-order valence-corrected chi connectivity index (χ2v) is 8.97. The van der Waals surface area contributed by atoms with Crippen molar-refractivity contribution in [3.05, 3.63) is 67.9 Å². The van der Waals surface area contributed by atoms with E-state index in [1.54, 1.807) is 26.2 Å². The molecule has 8 nitrogen and oxygen atoms in total. The average Bonchev–Trinajstić information content (AvgIpc) is 3.17. The quantitative estimate of drug-likeness (QED) is 0.382. The van der Waals surface area contributed by atoms with Crippen molar-refractivity contribution in [2.75, 3.05) is 24.7 Å². The maximum atomic E-state index is 12.5. The third kappa shape index (κ3) is 3.55. The molecule has 32 heavy (non-hydrogen) atoms. The molecule has 168 valence electrons. The number of benzene rings is 1. The first-order chi connectivity index (χ1) is 15.1. The summed E-state index contributed by atoms with van der Waals surface area (Å²) in [7, 11) is 3.16. The van der Waals surface area contributed by atoms with E-state index < -0.39 is 10.9 Å². The number of rotatable bonds is 7. The van der Waals surface area contributed by atoms with Crippen LogP contribution in [0.5, 0.6) is 5.75 Å². The van der Waals surface area contributed by atoms with Crippen LogP contribution in [0.1, 0.15) is 54.1 Å². The Morgan fingerprint density at radius 3 is 2.38 bits per heavy atom. The van der Waals surface area contributed by atoms with Crippen LogP contribution in [0.2, 0.25) is 0 Å². The molecule has 0 unspecified atom stereocenters. The summed E-state index contributed by atoms with van der Waals surface area (Å²) in [6, 6.07) is 8.13. The Bertz CT molecular complexity index is 1250. The van der Waals surface area contributed by atoms with E-state index in [2.05, 4.69) is 17.6 Å². The van der Waals surface area contributed by atoms with Crippen LogP contribution in [0.25, 0.3) is 0 Å². The monoisotopic (exact) mass is 437 g/mol. The maximum Gasteiger partial charge on any atom is 0.257 e. The van der Waals surface area contributed by atoms with E-state index in [1.165, 1.54) is 11.0 Å². The number of para-hydroxylation sites is 1. The highest BCUT2D eigenvalue weighted by atomic mass is 16.3. The van der Waals surface area contributed by atoms with Crippen molar-refractivity contribution in [1.29, 1.82) is 0 Å². The van der Waals surface area contributed by atoms with Gasteiger partial charge < -0.3 is 25.1 Å². The molecule has 0 aliphatic heterocycles. The normalized spacial score (nSPS) is 15.8. The molecule has 3 N–H and O–H groups in total. The fraction of sp³-hybridized carbons (Fsp3) is 0.375. The topological polar surface area (TPSA) is 112 Å². The van der Waals surface area contributed by atoms with Gasteiger partial charge in [0.05, 0.1) is 17.3 Å². The lowest BCUT2D eigenvalue weighted by atomic mass is 9.65. The first kappa shape index (κ1) is 21.7. The minimum atomic E-state index is -0.677. The van der Waals surface area contributed by atoms with Gasteiger partial charge in [-0.25, -0.2) is 0 Å². The van der Waals surface area contributed by atoms with Crippen LogP contribution < -0.4 is 21.5 Å². The van der Waals surface area contributed by atoms with Gasteiger partial charge in [-0.1, -0.05) is 19.4 Å². The molecule has 1 heterocycles. The number of anilines is 3. The standard InChI is InChI=1S/C24H27N3O5/c1-13-9-10-16(32-13)22(24(2)11-6-12-24)26-18-17(20(29)21(18)30)25-15-8-5-7-14(19(15)28)23(31)27(3)4/h5,7-10,22,25-26,28H,6,11-12H2,1-4H3/t22-/m0/s1. The summed E-state index contributed by atoms with van der Waals surface area (Å²) in [5.74, 6) is 0.825. The molecule has 1 fully saturated rings. The zero-order chi connectivity index (χ0) is 23.2. The molecule has 1 aliphatic carbocycles. The molecule has 0 spiro atoms. The summed E-state index contributed by atoms with van der Waals surface area (Å²) in [6.45, 7) is 3.99. The second-order valence-electron chi connectivity index (χ2n) is 8.97. The molecular formula is C24H27N3O5. The first-order valence-corrected chi connectivity index (χ1v) is 10.6. The third-order valence-corrected chi connectivity index (χ3v) is 6.37. The van der Waals surface area contributed by atoms with Gasteiger partial charge in [-0.2, -0.15) is 0 Å². The van der Waals surface area contributed by atoms with E-state index in [0.717, 1.165) is 25.0 Å². The van der Waals surface area contributed by atoms with Gasteiger partial charge >= 0.3 is 0 Å². The van der Waals surface area contributed by atoms with Crippen LogP contribution in [0, 0.1) is 12.3 Å². The van der Waals surface area contributed by atoms with E-state index in [1.807, 2.05) is 19.1 Å². The van der Waals surface area contributed by atoms with E-state index in [-0.39, 0.29) is 45.7 Å². The summed E-state index contributed by atoms with van der Waals surface area (Å²) < 4.78 is 5.85. The number of amides is 1. The number of hydrogen-bond donors (Lipinski definition) is 3. The van der Waals surface area contributed by atoms with Gasteiger partial charge in [-0.15, -0.1) is 0 Å². The number of nitrogens with zero attached hydrogens (tertiary/aromatic N) is 1. The average molecular weight is 437 g/mol. The highest BCUT2D eigenvalue weighted by molar-refractivity contribution is 5.99. The van der Waals surface area contributed by atoms with Crippen molar-refractivity contribution in [3.8, 4) is 5.75 Å². The molecule has 4 rings (SSSR count). The van der Waals surface area contributed by atoms with Crippen molar-refractivity contribution in [2.24, 2.45) is 5.41 Å². The molecule has 2 aromatic carbocycles. The fourth-order valence-electron chi connectivity index (χ4n) is 4.21. The van der Waals surface area contributed by atoms with Gasteiger partial charge in [0.25, 0.3) is 16.8 Å². The van der Waals surface area contributed by atoms with Crippen LogP contribution in [0.15, 0.2) is 44.3 Å². The zero-order valence-electron chi connectivity index (χ0n) is 18.6. The summed E-state index contributed by atoms with van der Waals surface area (Å²) in [5, 5.41) is 16.7. The van der Waals surface area contributed by atoms with Crippen molar-refractivity contribution in [2.45, 2.75) is 39.2 Å². The van der Waals surface area contributed by atoms with Gasteiger partial charge in [0.15, 0.2) is 5.75 Å². The molecular weight excluding hydrogens is 410 g/mol. The predicted molar refractivity (Wildman–Crippen MR) is 123 cm³/mol. The summed E-state index contributed by atoms with van der Waals surface area (Å²) in [5.41, 5.74) is -0.913. The smallest absolute Gasteiger partial charge is 0.257 e. The van der Waals surface area contributed by atoms with Crippen LogP contribution in [0.4, 0.5) is 17.1 Å². The first-order valence-electron chi connectivity index (χ1n) is 10.6. The highest BCUT2D eigenvalue weighted by Crippen LogP contribution is 2.51. The molecule has 3 aromatic rings. The molecule has 0 radical (unpaired) electrons. The minimum absolute atomic E-state index is 0.0657. The van der Waals surface area contributed by atoms with Crippen LogP contribution in [-0.2, 0) is 0 Å². The van der Waals surface area contributed by atoms with Crippen molar-refractivity contribution in [3.63, 3.8) is 0 Å². The molecule has 8 heteroatoms. The Morgan fingerprint density at radius 1 is 1.12 bits per heavy atom. The largest absolute Gasteiger partial charge is 0.505 e. The van der Waals surface area contributed by atoms with Gasteiger partial charge in [-0.05, 0) is 49.4 Å².